The van der Waals surface area contributed by atoms with E-state index in [-0.39, 0.29) is 5.91 Å². The maximum Gasteiger partial charge on any atom is 0.253 e. The summed E-state index contributed by atoms with van der Waals surface area (Å²) in [5, 5.41) is 0.688. The van der Waals surface area contributed by atoms with Crippen LogP contribution in [0.5, 0.6) is 0 Å². The van der Waals surface area contributed by atoms with Crippen LogP contribution >= 0.6 is 11.6 Å². The Morgan fingerprint density at radius 2 is 1.75 bits per heavy atom. The quantitative estimate of drug-likeness (QED) is 0.826. The zero-order valence-corrected chi connectivity index (χ0v) is 12.5. The van der Waals surface area contributed by atoms with E-state index >= 15 is 0 Å². The minimum Gasteiger partial charge on any atom is -0.337 e. The second-order valence-electron chi connectivity index (χ2n) is 4.80. The molecule has 0 radical (unpaired) electrons. The van der Waals surface area contributed by atoms with E-state index in [0.29, 0.717) is 17.1 Å². The van der Waals surface area contributed by atoms with Crippen LogP contribution in [0.3, 0.4) is 0 Å². The van der Waals surface area contributed by atoms with Gasteiger partial charge in [0.15, 0.2) is 0 Å². The molecule has 20 heavy (non-hydrogen) atoms. The molecule has 0 N–H and O–H groups in total. The molecule has 2 nitrogen and oxygen atoms in total. The fraction of sp³-hybridized carbons (Fsp3) is 0.235. The Balaban J connectivity index is 2.10. The maximum absolute atomic E-state index is 12.3. The van der Waals surface area contributed by atoms with Crippen LogP contribution < -0.4 is 0 Å². The van der Waals surface area contributed by atoms with Crippen molar-refractivity contribution in [1.29, 1.82) is 0 Å². The van der Waals surface area contributed by atoms with Gasteiger partial charge in [-0.1, -0.05) is 48.9 Å². The molecule has 2 rings (SSSR count). The highest BCUT2D eigenvalue weighted by atomic mass is 35.5. The van der Waals surface area contributed by atoms with Gasteiger partial charge in [-0.25, -0.2) is 0 Å². The molecular formula is C17H18ClNO. The number of halogens is 1. The van der Waals surface area contributed by atoms with Crippen molar-refractivity contribution in [2.24, 2.45) is 0 Å². The second kappa shape index (κ2) is 6.58. The van der Waals surface area contributed by atoms with E-state index in [2.05, 4.69) is 6.92 Å². The lowest BCUT2D eigenvalue weighted by atomic mass is 10.1. The predicted octanol–water partition coefficient (Wildman–Crippen LogP) is 4.17. The molecule has 2 aromatic rings. The van der Waals surface area contributed by atoms with Crippen molar-refractivity contribution in [3.63, 3.8) is 0 Å². The molecule has 0 aromatic heterocycles. The van der Waals surface area contributed by atoms with E-state index < -0.39 is 0 Å². The van der Waals surface area contributed by atoms with Crippen molar-refractivity contribution < 1.29 is 4.79 Å². The summed E-state index contributed by atoms with van der Waals surface area (Å²) in [6.45, 7) is 2.61. The molecule has 0 saturated heterocycles. The van der Waals surface area contributed by atoms with Gasteiger partial charge in [0.05, 0.1) is 0 Å². The first-order valence-corrected chi connectivity index (χ1v) is 7.07. The van der Waals surface area contributed by atoms with Crippen molar-refractivity contribution >= 4 is 17.5 Å². The lowest BCUT2D eigenvalue weighted by Crippen LogP contribution is -2.26. The molecule has 0 atom stereocenters. The molecule has 0 spiro atoms. The summed E-state index contributed by atoms with van der Waals surface area (Å²) in [7, 11) is 1.79. The number of nitrogens with zero attached hydrogens (tertiary/aromatic N) is 1. The van der Waals surface area contributed by atoms with E-state index in [9.17, 15) is 4.79 Å². The van der Waals surface area contributed by atoms with Crippen molar-refractivity contribution in [3.05, 3.63) is 70.2 Å². The van der Waals surface area contributed by atoms with E-state index in [0.717, 1.165) is 12.0 Å². The third kappa shape index (κ3) is 3.40. The second-order valence-corrected chi connectivity index (χ2v) is 5.21. The number of carbonyl (C=O) groups excluding carboxylic acids is 1. The Morgan fingerprint density at radius 3 is 2.35 bits per heavy atom. The summed E-state index contributed by atoms with van der Waals surface area (Å²) in [4.78, 5) is 14.0. The highest BCUT2D eigenvalue weighted by Gasteiger charge is 2.12. The van der Waals surface area contributed by atoms with Crippen LogP contribution in [0.25, 0.3) is 0 Å². The molecule has 0 fully saturated rings. The first-order valence-electron chi connectivity index (χ1n) is 6.69. The molecule has 0 unspecified atom stereocenters. The fourth-order valence-corrected chi connectivity index (χ4v) is 2.25. The molecule has 3 heteroatoms. The molecular weight excluding hydrogens is 270 g/mol. The normalized spacial score (nSPS) is 10.3. The number of hydrogen-bond acceptors (Lipinski definition) is 1. The molecule has 0 aliphatic heterocycles. The third-order valence-electron chi connectivity index (χ3n) is 3.32. The lowest BCUT2D eigenvalue weighted by Gasteiger charge is -2.18. The average molecular weight is 288 g/mol. The first-order chi connectivity index (χ1) is 9.61. The van der Waals surface area contributed by atoms with Gasteiger partial charge in [-0.15, -0.1) is 0 Å². The van der Waals surface area contributed by atoms with Crippen molar-refractivity contribution in [1.82, 2.24) is 4.90 Å². The molecule has 104 valence electrons. The van der Waals surface area contributed by atoms with E-state index in [1.807, 2.05) is 48.5 Å². The van der Waals surface area contributed by atoms with Gasteiger partial charge in [-0.3, -0.25) is 4.79 Å². The van der Waals surface area contributed by atoms with Gasteiger partial charge in [-0.2, -0.15) is 0 Å². The summed E-state index contributed by atoms with van der Waals surface area (Å²) >= 11 is 6.12. The van der Waals surface area contributed by atoms with E-state index in [1.165, 1.54) is 5.56 Å². The molecule has 0 aliphatic rings. The van der Waals surface area contributed by atoms with Crippen LogP contribution in [0.2, 0.25) is 5.02 Å². The Labute approximate surface area is 125 Å². The zero-order chi connectivity index (χ0) is 14.5. The Kier molecular flexibility index (Phi) is 4.80. The number of amides is 1. The third-order valence-corrected chi connectivity index (χ3v) is 3.69. The van der Waals surface area contributed by atoms with Crippen molar-refractivity contribution in [3.8, 4) is 0 Å². The largest absolute Gasteiger partial charge is 0.337 e. The maximum atomic E-state index is 12.3. The lowest BCUT2D eigenvalue weighted by molar-refractivity contribution is 0.0785. The number of carbonyl (C=O) groups is 1. The smallest absolute Gasteiger partial charge is 0.253 e. The van der Waals surface area contributed by atoms with Crippen LogP contribution in [0.1, 0.15) is 28.4 Å². The molecule has 1 amide bonds. The van der Waals surface area contributed by atoms with Crippen LogP contribution in [0.15, 0.2) is 48.5 Å². The molecule has 0 aliphatic carbocycles. The van der Waals surface area contributed by atoms with Crippen molar-refractivity contribution in [2.45, 2.75) is 19.9 Å². The molecule has 0 heterocycles. The van der Waals surface area contributed by atoms with Gasteiger partial charge >= 0.3 is 0 Å². The number of benzene rings is 2. The number of hydrogen-bond donors (Lipinski definition) is 0. The zero-order valence-electron chi connectivity index (χ0n) is 11.8. The number of rotatable bonds is 4. The van der Waals surface area contributed by atoms with Crippen LogP contribution in [0, 0.1) is 0 Å². The van der Waals surface area contributed by atoms with Gasteiger partial charge < -0.3 is 4.90 Å². The summed E-state index contributed by atoms with van der Waals surface area (Å²) in [6.07, 6.45) is 0.976. The molecule has 0 saturated carbocycles. The standard InChI is InChI=1S/C17H18ClNO/c1-3-13-8-10-14(11-9-13)17(20)19(2)12-15-6-4-5-7-16(15)18/h4-11H,3,12H2,1-2H3. The van der Waals surface area contributed by atoms with Gasteiger partial charge in [0.25, 0.3) is 5.91 Å². The predicted molar refractivity (Wildman–Crippen MR) is 83.1 cm³/mol. The Hall–Kier alpha value is -1.80. The summed E-state index contributed by atoms with van der Waals surface area (Å²) in [5.74, 6) is 0.00701. The monoisotopic (exact) mass is 287 g/mol. The van der Waals surface area contributed by atoms with Crippen LogP contribution in [-0.2, 0) is 13.0 Å². The topological polar surface area (TPSA) is 20.3 Å². The minimum absolute atomic E-state index is 0.00701. The van der Waals surface area contributed by atoms with Gasteiger partial charge in [0.2, 0.25) is 0 Å². The first kappa shape index (κ1) is 14.6. The van der Waals surface area contributed by atoms with Gasteiger partial charge in [0, 0.05) is 24.2 Å². The highest BCUT2D eigenvalue weighted by molar-refractivity contribution is 6.31. The van der Waals surface area contributed by atoms with Gasteiger partial charge in [-0.05, 0) is 35.7 Å². The van der Waals surface area contributed by atoms with E-state index in [1.54, 1.807) is 11.9 Å². The SMILES string of the molecule is CCc1ccc(C(=O)N(C)Cc2ccccc2Cl)cc1. The fourth-order valence-electron chi connectivity index (χ4n) is 2.06. The van der Waals surface area contributed by atoms with Crippen LogP contribution in [-0.4, -0.2) is 17.9 Å². The summed E-state index contributed by atoms with van der Waals surface area (Å²) < 4.78 is 0. The minimum atomic E-state index is 0.00701. The summed E-state index contributed by atoms with van der Waals surface area (Å²) in [6, 6.07) is 15.3. The van der Waals surface area contributed by atoms with Crippen LogP contribution in [0.4, 0.5) is 0 Å². The molecule has 2 aromatic carbocycles. The van der Waals surface area contributed by atoms with Crippen molar-refractivity contribution in [2.75, 3.05) is 7.05 Å². The van der Waals surface area contributed by atoms with E-state index in [4.69, 9.17) is 11.6 Å². The van der Waals surface area contributed by atoms with Gasteiger partial charge in [0.1, 0.15) is 0 Å². The Bertz CT molecular complexity index is 592. The molecule has 0 bridgehead atoms. The summed E-state index contributed by atoms with van der Waals surface area (Å²) in [5.41, 5.74) is 2.89. The average Bonchev–Trinajstić information content (AvgIpc) is 2.49. The Morgan fingerprint density at radius 1 is 1.10 bits per heavy atom. The number of aryl methyl sites for hydroxylation is 1. The highest BCUT2D eigenvalue weighted by Crippen LogP contribution is 2.17.